The minimum absolute atomic E-state index is 0. The standard InChI is InChI=1S/C16H32O2.K/c1-15(2)13-11-9-7-5-3-4-6-8-10-12-14-16(17)18;/h15H,3-14H2,1-2H3,(H,17,18);/q;+1/p-1. The molecule has 0 aliphatic rings. The molecule has 0 aromatic carbocycles. The molecule has 2 nitrogen and oxygen atoms in total. The van der Waals surface area contributed by atoms with E-state index in [1.807, 2.05) is 0 Å². The van der Waals surface area contributed by atoms with Crippen LogP contribution in [0.2, 0.25) is 0 Å². The fraction of sp³-hybridized carbons (Fsp3) is 0.938. The number of aliphatic carboxylic acids is 1. The molecular weight excluding hydrogens is 263 g/mol. The van der Waals surface area contributed by atoms with Gasteiger partial charge in [0, 0.05) is 5.97 Å². The zero-order valence-corrected chi connectivity index (χ0v) is 16.5. The van der Waals surface area contributed by atoms with E-state index in [1.54, 1.807) is 0 Å². The van der Waals surface area contributed by atoms with E-state index in [0.29, 0.717) is 0 Å². The number of carboxylic acid groups (broad SMARTS) is 1. The molecule has 0 aromatic heterocycles. The summed E-state index contributed by atoms with van der Waals surface area (Å²) in [5, 5.41) is 10.2. The molecule has 19 heavy (non-hydrogen) atoms. The van der Waals surface area contributed by atoms with Gasteiger partial charge in [0.05, 0.1) is 0 Å². The molecule has 0 spiro atoms. The van der Waals surface area contributed by atoms with Crippen molar-refractivity contribution in [2.75, 3.05) is 0 Å². The van der Waals surface area contributed by atoms with Crippen molar-refractivity contribution in [3.8, 4) is 0 Å². The molecule has 0 saturated heterocycles. The predicted octanol–water partition coefficient (Wildman–Crippen LogP) is 1.08. The van der Waals surface area contributed by atoms with Crippen molar-refractivity contribution in [3.63, 3.8) is 0 Å². The molecular formula is C16H31KO2. The Labute approximate surface area is 162 Å². The summed E-state index contributed by atoms with van der Waals surface area (Å²) < 4.78 is 0. The second-order valence-electron chi connectivity index (χ2n) is 5.84. The Hall–Kier alpha value is 1.11. The maximum absolute atomic E-state index is 10.2. The van der Waals surface area contributed by atoms with E-state index in [4.69, 9.17) is 0 Å². The van der Waals surface area contributed by atoms with E-state index in [2.05, 4.69) is 13.8 Å². The maximum Gasteiger partial charge on any atom is 1.00 e. The van der Waals surface area contributed by atoms with E-state index in [9.17, 15) is 9.90 Å². The number of hydrogen-bond acceptors (Lipinski definition) is 2. The van der Waals surface area contributed by atoms with Crippen LogP contribution in [-0.4, -0.2) is 5.97 Å². The third-order valence-electron chi connectivity index (χ3n) is 3.41. The number of hydrogen-bond donors (Lipinski definition) is 0. The van der Waals surface area contributed by atoms with Gasteiger partial charge < -0.3 is 9.90 Å². The molecule has 3 heteroatoms. The molecule has 108 valence electrons. The largest absolute Gasteiger partial charge is 1.00 e. The fourth-order valence-corrected chi connectivity index (χ4v) is 2.24. The van der Waals surface area contributed by atoms with Crippen LogP contribution in [0, 0.1) is 5.92 Å². The van der Waals surface area contributed by atoms with Crippen molar-refractivity contribution in [3.05, 3.63) is 0 Å². The molecule has 0 fully saturated rings. The molecule has 0 N–H and O–H groups in total. The van der Waals surface area contributed by atoms with Crippen LogP contribution < -0.4 is 56.5 Å². The zero-order valence-electron chi connectivity index (χ0n) is 13.4. The SMILES string of the molecule is CC(C)CCCCCCCCCCCCC(=O)[O-].[K+]. The van der Waals surface area contributed by atoms with Gasteiger partial charge in [-0.15, -0.1) is 0 Å². The summed E-state index contributed by atoms with van der Waals surface area (Å²) >= 11 is 0. The molecule has 0 atom stereocenters. The zero-order chi connectivity index (χ0) is 13.6. The topological polar surface area (TPSA) is 40.1 Å². The van der Waals surface area contributed by atoms with Crippen LogP contribution >= 0.6 is 0 Å². The smallest absolute Gasteiger partial charge is 0.550 e. The van der Waals surface area contributed by atoms with E-state index in [1.165, 1.54) is 57.8 Å². The predicted molar refractivity (Wildman–Crippen MR) is 75.2 cm³/mol. The Bertz CT molecular complexity index is 193. The summed E-state index contributed by atoms with van der Waals surface area (Å²) in [7, 11) is 0. The molecule has 0 aliphatic carbocycles. The molecule has 0 radical (unpaired) electrons. The number of unbranched alkanes of at least 4 members (excludes halogenated alkanes) is 9. The van der Waals surface area contributed by atoms with E-state index in [0.717, 1.165) is 18.8 Å². The fourth-order valence-electron chi connectivity index (χ4n) is 2.24. The summed E-state index contributed by atoms with van der Waals surface area (Å²) in [5.74, 6) is -0.0533. The molecule has 0 amide bonds. The number of rotatable bonds is 13. The van der Waals surface area contributed by atoms with Crippen molar-refractivity contribution in [1.29, 1.82) is 0 Å². The number of carbonyl (C=O) groups is 1. The first-order valence-corrected chi connectivity index (χ1v) is 7.82. The van der Waals surface area contributed by atoms with Gasteiger partial charge in [-0.05, 0) is 18.8 Å². The summed E-state index contributed by atoms with van der Waals surface area (Å²) in [6.07, 6.45) is 14.1. The van der Waals surface area contributed by atoms with Crippen molar-refractivity contribution < 1.29 is 61.3 Å². The third kappa shape index (κ3) is 21.6. The van der Waals surface area contributed by atoms with E-state index in [-0.39, 0.29) is 57.8 Å². The molecule has 0 unspecified atom stereocenters. The van der Waals surface area contributed by atoms with Crippen molar-refractivity contribution >= 4 is 5.97 Å². The van der Waals surface area contributed by atoms with E-state index >= 15 is 0 Å². The first-order chi connectivity index (χ1) is 8.63. The van der Waals surface area contributed by atoms with Gasteiger partial charge in [0.25, 0.3) is 0 Å². The van der Waals surface area contributed by atoms with Crippen LogP contribution in [0.25, 0.3) is 0 Å². The minimum atomic E-state index is -0.906. The van der Waals surface area contributed by atoms with Gasteiger partial charge in [-0.2, -0.15) is 0 Å². The van der Waals surface area contributed by atoms with Crippen LogP contribution in [-0.2, 0) is 4.79 Å². The summed E-state index contributed by atoms with van der Waals surface area (Å²) in [6.45, 7) is 4.58. The Kier molecular flexibility index (Phi) is 20.2. The van der Waals surface area contributed by atoms with Crippen LogP contribution in [0.4, 0.5) is 0 Å². The summed E-state index contributed by atoms with van der Waals surface area (Å²) in [6, 6.07) is 0. The minimum Gasteiger partial charge on any atom is -0.550 e. The Balaban J connectivity index is 0. The monoisotopic (exact) mass is 294 g/mol. The molecule has 0 aliphatic heterocycles. The first-order valence-electron chi connectivity index (χ1n) is 7.82. The second-order valence-corrected chi connectivity index (χ2v) is 5.84. The van der Waals surface area contributed by atoms with Gasteiger partial charge in [0.15, 0.2) is 0 Å². The van der Waals surface area contributed by atoms with Crippen LogP contribution in [0.3, 0.4) is 0 Å². The Morgan fingerprint density at radius 1 is 0.789 bits per heavy atom. The Morgan fingerprint density at radius 2 is 1.16 bits per heavy atom. The number of carboxylic acids is 1. The molecule has 0 aromatic rings. The van der Waals surface area contributed by atoms with Crippen LogP contribution in [0.15, 0.2) is 0 Å². The van der Waals surface area contributed by atoms with Gasteiger partial charge in [-0.1, -0.05) is 78.1 Å². The van der Waals surface area contributed by atoms with Gasteiger partial charge in [0.1, 0.15) is 0 Å². The number of carbonyl (C=O) groups excluding carboxylic acids is 1. The van der Waals surface area contributed by atoms with Crippen molar-refractivity contribution in [2.45, 2.75) is 90.9 Å². The van der Waals surface area contributed by atoms with Crippen LogP contribution in [0.5, 0.6) is 0 Å². The summed E-state index contributed by atoms with van der Waals surface area (Å²) in [4.78, 5) is 10.2. The van der Waals surface area contributed by atoms with Crippen molar-refractivity contribution in [1.82, 2.24) is 0 Å². The molecule has 0 saturated carbocycles. The Morgan fingerprint density at radius 3 is 1.53 bits per heavy atom. The average Bonchev–Trinajstić information content (AvgIpc) is 2.29. The average molecular weight is 295 g/mol. The summed E-state index contributed by atoms with van der Waals surface area (Å²) in [5.41, 5.74) is 0. The molecule has 0 rings (SSSR count). The quantitative estimate of drug-likeness (QED) is 0.377. The maximum atomic E-state index is 10.2. The molecule has 0 heterocycles. The van der Waals surface area contributed by atoms with Gasteiger partial charge in [0.2, 0.25) is 0 Å². The van der Waals surface area contributed by atoms with Gasteiger partial charge >= 0.3 is 51.4 Å². The first kappa shape index (κ1) is 22.4. The van der Waals surface area contributed by atoms with Crippen molar-refractivity contribution in [2.24, 2.45) is 5.92 Å². The normalized spacial score (nSPS) is 10.5. The third-order valence-corrected chi connectivity index (χ3v) is 3.41. The van der Waals surface area contributed by atoms with Gasteiger partial charge in [-0.25, -0.2) is 0 Å². The molecule has 0 bridgehead atoms. The second kappa shape index (κ2) is 17.2. The van der Waals surface area contributed by atoms with E-state index < -0.39 is 5.97 Å². The van der Waals surface area contributed by atoms with Gasteiger partial charge in [-0.3, -0.25) is 0 Å². The van der Waals surface area contributed by atoms with Crippen LogP contribution in [0.1, 0.15) is 90.9 Å².